The van der Waals surface area contributed by atoms with E-state index in [-0.39, 0.29) is 25.1 Å². The molecule has 0 aliphatic carbocycles. The Morgan fingerprint density at radius 3 is 2.53 bits per heavy atom. The van der Waals surface area contributed by atoms with Crippen molar-refractivity contribution in [3.8, 4) is 0 Å². The standard InChI is InChI=1S/C12H20N2O5/c1-8(15)9-2-3-13(6-9)12(18)14-4-5-19-10(7-14)11(16)17/h8-10,15H,2-7H2,1H3,(H,16,17). The molecule has 2 rings (SSSR count). The molecule has 0 saturated carbocycles. The van der Waals surface area contributed by atoms with Gasteiger partial charge in [0.15, 0.2) is 6.10 Å². The average molecular weight is 272 g/mol. The van der Waals surface area contributed by atoms with Gasteiger partial charge in [0.25, 0.3) is 0 Å². The van der Waals surface area contributed by atoms with Crippen molar-refractivity contribution in [2.45, 2.75) is 25.6 Å². The number of likely N-dealkylation sites (tertiary alicyclic amines) is 1. The van der Waals surface area contributed by atoms with Gasteiger partial charge in [0.2, 0.25) is 0 Å². The Morgan fingerprint density at radius 1 is 1.26 bits per heavy atom. The van der Waals surface area contributed by atoms with E-state index >= 15 is 0 Å². The van der Waals surface area contributed by atoms with Crippen LogP contribution in [0.1, 0.15) is 13.3 Å². The van der Waals surface area contributed by atoms with Gasteiger partial charge in [-0.2, -0.15) is 0 Å². The SMILES string of the molecule is CC(O)C1CCN(C(=O)N2CCOC(C(=O)O)C2)C1. The van der Waals surface area contributed by atoms with Crippen molar-refractivity contribution in [1.82, 2.24) is 9.80 Å². The van der Waals surface area contributed by atoms with Crippen LogP contribution in [0.3, 0.4) is 0 Å². The molecule has 0 spiro atoms. The Labute approximate surface area is 111 Å². The highest BCUT2D eigenvalue weighted by molar-refractivity contribution is 5.77. The van der Waals surface area contributed by atoms with E-state index < -0.39 is 18.2 Å². The van der Waals surface area contributed by atoms with Gasteiger partial charge < -0.3 is 24.7 Å². The molecule has 2 N–H and O–H groups in total. The minimum Gasteiger partial charge on any atom is -0.479 e. The summed E-state index contributed by atoms with van der Waals surface area (Å²) in [6.45, 7) is 3.63. The molecule has 7 heteroatoms. The molecule has 2 aliphatic rings. The van der Waals surface area contributed by atoms with Crippen molar-refractivity contribution in [1.29, 1.82) is 0 Å². The number of ether oxygens (including phenoxy) is 1. The van der Waals surface area contributed by atoms with E-state index in [9.17, 15) is 14.7 Å². The smallest absolute Gasteiger partial charge is 0.334 e. The van der Waals surface area contributed by atoms with E-state index in [0.29, 0.717) is 19.6 Å². The maximum Gasteiger partial charge on any atom is 0.334 e. The van der Waals surface area contributed by atoms with E-state index in [0.717, 1.165) is 6.42 Å². The third-order valence-corrected chi connectivity index (χ3v) is 3.79. The molecule has 19 heavy (non-hydrogen) atoms. The number of morpholine rings is 1. The number of urea groups is 1. The number of aliphatic hydroxyl groups excluding tert-OH is 1. The predicted octanol–water partition coefficient (Wildman–Crippen LogP) is -0.405. The average Bonchev–Trinajstić information content (AvgIpc) is 2.87. The molecule has 3 unspecified atom stereocenters. The summed E-state index contributed by atoms with van der Waals surface area (Å²) in [6.07, 6.45) is -0.571. The fraction of sp³-hybridized carbons (Fsp3) is 0.833. The number of aliphatic carboxylic acids is 1. The minimum absolute atomic E-state index is 0.0873. The Morgan fingerprint density at radius 2 is 1.95 bits per heavy atom. The van der Waals surface area contributed by atoms with Crippen LogP contribution >= 0.6 is 0 Å². The molecule has 0 aromatic heterocycles. The highest BCUT2D eigenvalue weighted by Gasteiger charge is 2.35. The molecule has 0 aromatic carbocycles. The molecule has 2 fully saturated rings. The van der Waals surface area contributed by atoms with Crippen LogP contribution in [-0.4, -0.2) is 77.0 Å². The lowest BCUT2D eigenvalue weighted by atomic mass is 10.0. The van der Waals surface area contributed by atoms with Crippen LogP contribution in [0.2, 0.25) is 0 Å². The summed E-state index contributed by atoms with van der Waals surface area (Å²) in [5.74, 6) is -0.930. The molecule has 0 bridgehead atoms. The lowest BCUT2D eigenvalue weighted by Crippen LogP contribution is -2.52. The number of nitrogens with zero attached hydrogens (tertiary/aromatic N) is 2. The van der Waals surface area contributed by atoms with Crippen LogP contribution in [0.25, 0.3) is 0 Å². The number of hydrogen-bond donors (Lipinski definition) is 2. The third kappa shape index (κ3) is 3.16. The third-order valence-electron chi connectivity index (χ3n) is 3.79. The number of hydrogen-bond acceptors (Lipinski definition) is 4. The largest absolute Gasteiger partial charge is 0.479 e. The zero-order valence-electron chi connectivity index (χ0n) is 11.0. The van der Waals surface area contributed by atoms with Gasteiger partial charge in [0.1, 0.15) is 0 Å². The van der Waals surface area contributed by atoms with Gasteiger partial charge in [-0.15, -0.1) is 0 Å². The first-order valence-electron chi connectivity index (χ1n) is 6.55. The summed E-state index contributed by atoms with van der Waals surface area (Å²) in [4.78, 5) is 26.3. The molecule has 0 radical (unpaired) electrons. The van der Waals surface area contributed by atoms with E-state index in [1.165, 1.54) is 4.90 Å². The highest BCUT2D eigenvalue weighted by atomic mass is 16.5. The summed E-state index contributed by atoms with van der Waals surface area (Å²) in [5.41, 5.74) is 0. The van der Waals surface area contributed by atoms with Crippen molar-refractivity contribution >= 4 is 12.0 Å². The molecular formula is C12H20N2O5. The molecule has 2 aliphatic heterocycles. The molecule has 2 amide bonds. The van der Waals surface area contributed by atoms with Crippen LogP contribution in [-0.2, 0) is 9.53 Å². The van der Waals surface area contributed by atoms with Gasteiger partial charge in [-0.25, -0.2) is 9.59 Å². The number of carboxylic acid groups (broad SMARTS) is 1. The van der Waals surface area contributed by atoms with Crippen LogP contribution in [0.4, 0.5) is 4.79 Å². The van der Waals surface area contributed by atoms with Gasteiger partial charge >= 0.3 is 12.0 Å². The number of carbonyl (C=O) groups is 2. The Kier molecular flexibility index (Phi) is 4.26. The van der Waals surface area contributed by atoms with Crippen molar-refractivity contribution in [3.63, 3.8) is 0 Å². The second kappa shape index (κ2) is 5.75. The van der Waals surface area contributed by atoms with Crippen LogP contribution in [0.15, 0.2) is 0 Å². The molecule has 3 atom stereocenters. The number of carboxylic acids is 1. The first-order chi connectivity index (χ1) is 8.99. The van der Waals surface area contributed by atoms with Crippen molar-refractivity contribution in [2.75, 3.05) is 32.8 Å². The zero-order chi connectivity index (χ0) is 14.0. The Balaban J connectivity index is 1.91. The molecule has 108 valence electrons. The van der Waals surface area contributed by atoms with Crippen molar-refractivity contribution in [2.24, 2.45) is 5.92 Å². The van der Waals surface area contributed by atoms with Gasteiger partial charge in [-0.3, -0.25) is 0 Å². The molecule has 2 heterocycles. The van der Waals surface area contributed by atoms with Crippen LogP contribution in [0, 0.1) is 5.92 Å². The summed E-state index contributed by atoms with van der Waals surface area (Å²) in [5, 5.41) is 18.4. The van der Waals surface area contributed by atoms with E-state index in [1.54, 1.807) is 11.8 Å². The summed E-state index contributed by atoms with van der Waals surface area (Å²) < 4.78 is 5.09. The van der Waals surface area contributed by atoms with Gasteiger partial charge in [0, 0.05) is 25.6 Å². The van der Waals surface area contributed by atoms with Gasteiger partial charge in [-0.05, 0) is 13.3 Å². The second-order valence-corrected chi connectivity index (χ2v) is 5.16. The highest BCUT2D eigenvalue weighted by Crippen LogP contribution is 2.21. The fourth-order valence-corrected chi connectivity index (χ4v) is 2.53. The van der Waals surface area contributed by atoms with Crippen molar-refractivity contribution in [3.05, 3.63) is 0 Å². The van der Waals surface area contributed by atoms with E-state index in [1.807, 2.05) is 0 Å². The number of rotatable bonds is 2. The first-order valence-corrected chi connectivity index (χ1v) is 6.55. The van der Waals surface area contributed by atoms with Crippen LogP contribution < -0.4 is 0 Å². The predicted molar refractivity (Wildman–Crippen MR) is 65.7 cm³/mol. The minimum atomic E-state index is -1.04. The normalized spacial score (nSPS) is 29.4. The lowest BCUT2D eigenvalue weighted by Gasteiger charge is -2.33. The van der Waals surface area contributed by atoms with Gasteiger partial charge in [-0.1, -0.05) is 0 Å². The number of amides is 2. The van der Waals surface area contributed by atoms with Gasteiger partial charge in [0.05, 0.1) is 19.3 Å². The molecular weight excluding hydrogens is 252 g/mol. The lowest BCUT2D eigenvalue weighted by molar-refractivity contribution is -0.154. The summed E-state index contributed by atoms with van der Waals surface area (Å²) in [6, 6.07) is -0.155. The zero-order valence-corrected chi connectivity index (χ0v) is 11.0. The van der Waals surface area contributed by atoms with Crippen LogP contribution in [0.5, 0.6) is 0 Å². The monoisotopic (exact) mass is 272 g/mol. The number of aliphatic hydroxyl groups is 1. The topological polar surface area (TPSA) is 90.3 Å². The maximum atomic E-state index is 12.3. The maximum absolute atomic E-state index is 12.3. The first kappa shape index (κ1) is 14.1. The summed E-state index contributed by atoms with van der Waals surface area (Å²) >= 11 is 0. The quantitative estimate of drug-likeness (QED) is 0.713. The molecule has 0 aromatic rings. The second-order valence-electron chi connectivity index (χ2n) is 5.16. The Bertz CT molecular complexity index is 360. The van der Waals surface area contributed by atoms with Crippen molar-refractivity contribution < 1.29 is 24.5 Å². The summed E-state index contributed by atoms with van der Waals surface area (Å²) in [7, 11) is 0. The Hall–Kier alpha value is -1.34. The molecule has 2 saturated heterocycles. The van der Waals surface area contributed by atoms with E-state index in [2.05, 4.69) is 0 Å². The number of carbonyl (C=O) groups excluding carboxylic acids is 1. The van der Waals surface area contributed by atoms with E-state index in [4.69, 9.17) is 9.84 Å². The molecule has 7 nitrogen and oxygen atoms in total. The fourth-order valence-electron chi connectivity index (χ4n) is 2.53.